The summed E-state index contributed by atoms with van der Waals surface area (Å²) >= 11 is 0. The molecule has 0 saturated carbocycles. The Balaban J connectivity index is 2.53. The molecule has 0 amide bonds. The van der Waals surface area contributed by atoms with E-state index in [-0.39, 0.29) is 0 Å². The Morgan fingerprint density at radius 2 is 1.27 bits per heavy atom. The zero-order valence-electron chi connectivity index (χ0n) is 15.2. The molecule has 0 radical (unpaired) electrons. The Kier molecular flexibility index (Phi) is 9.04. The summed E-state index contributed by atoms with van der Waals surface area (Å²) in [6, 6.07) is 0. The smallest absolute Gasteiger partial charge is 0.150 e. The minimum Gasteiger partial charge on any atom is -0.229 e. The minimum absolute atomic E-state index is 0.372. The van der Waals surface area contributed by atoms with Gasteiger partial charge in [0.2, 0.25) is 0 Å². The van der Waals surface area contributed by atoms with E-state index in [2.05, 4.69) is 20.8 Å². The molecule has 0 spiro atoms. The maximum Gasteiger partial charge on any atom is 0.150 e. The Hall–Kier alpha value is -0.0500. The lowest BCUT2D eigenvalue weighted by atomic mass is 9.68. The standard InChI is InChI=1S/C19H38O2S/c1-4-6-8-9-11-15-19(3,14-10-7-5-2)18-12-16-22(20,21)17-13-18/h18H,4-17H2,1-3H3. The van der Waals surface area contributed by atoms with Crippen molar-refractivity contribution in [3.63, 3.8) is 0 Å². The number of sulfone groups is 1. The summed E-state index contributed by atoms with van der Waals surface area (Å²) in [4.78, 5) is 0. The molecule has 1 heterocycles. The Morgan fingerprint density at radius 3 is 1.82 bits per heavy atom. The first-order valence-electron chi connectivity index (χ1n) is 9.64. The predicted molar refractivity (Wildman–Crippen MR) is 97.0 cm³/mol. The lowest BCUT2D eigenvalue weighted by Gasteiger charge is -2.40. The van der Waals surface area contributed by atoms with Gasteiger partial charge in [0.05, 0.1) is 11.5 Å². The van der Waals surface area contributed by atoms with Crippen molar-refractivity contribution in [3.05, 3.63) is 0 Å². The largest absolute Gasteiger partial charge is 0.229 e. The van der Waals surface area contributed by atoms with Crippen LogP contribution < -0.4 is 0 Å². The Bertz CT molecular complexity index is 374. The second-order valence-corrected chi connectivity index (χ2v) is 10.0. The minimum atomic E-state index is -2.73. The topological polar surface area (TPSA) is 34.1 Å². The number of rotatable bonds is 11. The number of hydrogen-bond donors (Lipinski definition) is 0. The van der Waals surface area contributed by atoms with Crippen LogP contribution in [0.2, 0.25) is 0 Å². The van der Waals surface area contributed by atoms with Crippen molar-refractivity contribution >= 4 is 9.84 Å². The summed E-state index contributed by atoms with van der Waals surface area (Å²) in [5.74, 6) is 1.48. The first kappa shape index (κ1) is 20.0. The summed E-state index contributed by atoms with van der Waals surface area (Å²) in [5.41, 5.74) is 0.372. The first-order valence-corrected chi connectivity index (χ1v) is 11.5. The van der Waals surface area contributed by atoms with E-state index in [1.54, 1.807) is 0 Å². The third-order valence-electron chi connectivity index (χ3n) is 5.74. The molecule has 0 aromatic carbocycles. The average molecular weight is 331 g/mol. The fourth-order valence-electron chi connectivity index (χ4n) is 4.03. The van der Waals surface area contributed by atoms with Gasteiger partial charge in [-0.1, -0.05) is 72.1 Å². The summed E-state index contributed by atoms with van der Waals surface area (Å²) in [6.07, 6.45) is 15.0. The van der Waals surface area contributed by atoms with Crippen molar-refractivity contribution in [2.24, 2.45) is 11.3 Å². The lowest BCUT2D eigenvalue weighted by molar-refractivity contribution is 0.131. The molecule has 132 valence electrons. The van der Waals surface area contributed by atoms with Crippen LogP contribution in [-0.4, -0.2) is 19.9 Å². The van der Waals surface area contributed by atoms with Crippen LogP contribution in [0.3, 0.4) is 0 Å². The highest BCUT2D eigenvalue weighted by molar-refractivity contribution is 7.91. The van der Waals surface area contributed by atoms with Crippen LogP contribution in [-0.2, 0) is 9.84 Å². The van der Waals surface area contributed by atoms with E-state index >= 15 is 0 Å². The first-order chi connectivity index (χ1) is 10.4. The molecular weight excluding hydrogens is 292 g/mol. The van der Waals surface area contributed by atoms with Crippen molar-refractivity contribution in [1.82, 2.24) is 0 Å². The van der Waals surface area contributed by atoms with Gasteiger partial charge >= 0.3 is 0 Å². The Morgan fingerprint density at radius 1 is 0.818 bits per heavy atom. The molecule has 0 N–H and O–H groups in total. The summed E-state index contributed by atoms with van der Waals surface area (Å²) in [6.45, 7) is 6.97. The van der Waals surface area contributed by atoms with Crippen molar-refractivity contribution in [2.45, 2.75) is 97.8 Å². The van der Waals surface area contributed by atoms with Crippen LogP contribution in [0.1, 0.15) is 97.8 Å². The van der Waals surface area contributed by atoms with E-state index in [0.717, 1.165) is 12.8 Å². The highest BCUT2D eigenvalue weighted by Crippen LogP contribution is 2.44. The van der Waals surface area contributed by atoms with Gasteiger partial charge in [-0.2, -0.15) is 0 Å². The Labute approximate surface area is 139 Å². The summed E-state index contributed by atoms with van der Waals surface area (Å²) in [7, 11) is -2.73. The molecule has 0 aromatic rings. The molecule has 1 rings (SSSR count). The molecule has 0 aliphatic carbocycles. The molecule has 3 heteroatoms. The van der Waals surface area contributed by atoms with Crippen molar-refractivity contribution in [2.75, 3.05) is 11.5 Å². The normalized spacial score (nSPS) is 21.6. The van der Waals surface area contributed by atoms with Crippen molar-refractivity contribution < 1.29 is 8.42 Å². The van der Waals surface area contributed by atoms with E-state index in [0.29, 0.717) is 22.8 Å². The van der Waals surface area contributed by atoms with Gasteiger partial charge < -0.3 is 0 Å². The van der Waals surface area contributed by atoms with E-state index in [4.69, 9.17) is 0 Å². The van der Waals surface area contributed by atoms with Crippen molar-refractivity contribution in [1.29, 1.82) is 0 Å². The predicted octanol–water partition coefficient (Wildman–Crippen LogP) is 5.76. The van der Waals surface area contributed by atoms with Crippen molar-refractivity contribution in [3.8, 4) is 0 Å². The highest BCUT2D eigenvalue weighted by Gasteiger charge is 2.37. The zero-order valence-corrected chi connectivity index (χ0v) is 16.0. The highest BCUT2D eigenvalue weighted by atomic mass is 32.2. The van der Waals surface area contributed by atoms with Gasteiger partial charge in [0.25, 0.3) is 0 Å². The maximum atomic E-state index is 11.7. The number of hydrogen-bond acceptors (Lipinski definition) is 2. The van der Waals surface area contributed by atoms with E-state index < -0.39 is 9.84 Å². The van der Waals surface area contributed by atoms with Crippen LogP contribution in [0, 0.1) is 11.3 Å². The quantitative estimate of drug-likeness (QED) is 0.451. The fourth-order valence-corrected chi connectivity index (χ4v) is 5.52. The molecule has 0 bridgehead atoms. The fraction of sp³-hybridized carbons (Fsp3) is 1.00. The van der Waals surface area contributed by atoms with E-state index in [1.165, 1.54) is 64.2 Å². The summed E-state index contributed by atoms with van der Waals surface area (Å²) < 4.78 is 23.4. The second kappa shape index (κ2) is 9.95. The lowest BCUT2D eigenvalue weighted by Crippen LogP contribution is -2.35. The van der Waals surface area contributed by atoms with E-state index in [9.17, 15) is 8.42 Å². The maximum absolute atomic E-state index is 11.7. The zero-order chi connectivity index (χ0) is 16.5. The van der Waals surface area contributed by atoms with Gasteiger partial charge in [-0.15, -0.1) is 0 Å². The van der Waals surface area contributed by atoms with Crippen LogP contribution in [0.15, 0.2) is 0 Å². The second-order valence-electron chi connectivity index (χ2n) is 7.70. The molecule has 0 aromatic heterocycles. The van der Waals surface area contributed by atoms with Gasteiger partial charge in [-0.3, -0.25) is 0 Å². The third-order valence-corrected chi connectivity index (χ3v) is 7.46. The third kappa shape index (κ3) is 7.02. The molecule has 1 saturated heterocycles. The van der Waals surface area contributed by atoms with Crippen LogP contribution in [0.4, 0.5) is 0 Å². The van der Waals surface area contributed by atoms with Crippen LogP contribution >= 0.6 is 0 Å². The van der Waals surface area contributed by atoms with Crippen LogP contribution in [0.5, 0.6) is 0 Å². The molecule has 22 heavy (non-hydrogen) atoms. The molecule has 1 atom stereocenters. The SMILES string of the molecule is CCCCCCCC(C)(CCCCC)C1CCS(=O)(=O)CC1. The monoisotopic (exact) mass is 330 g/mol. The molecule has 1 aliphatic heterocycles. The molecule has 1 fully saturated rings. The van der Waals surface area contributed by atoms with Crippen LogP contribution in [0.25, 0.3) is 0 Å². The average Bonchev–Trinajstić information content (AvgIpc) is 2.47. The van der Waals surface area contributed by atoms with Gasteiger partial charge in [0, 0.05) is 0 Å². The molecular formula is C19H38O2S. The van der Waals surface area contributed by atoms with Gasteiger partial charge in [-0.25, -0.2) is 8.42 Å². The summed E-state index contributed by atoms with van der Waals surface area (Å²) in [5, 5.41) is 0. The van der Waals surface area contributed by atoms with Gasteiger partial charge in [0.1, 0.15) is 9.84 Å². The van der Waals surface area contributed by atoms with Gasteiger partial charge in [0.15, 0.2) is 0 Å². The molecule has 1 unspecified atom stereocenters. The molecule has 2 nitrogen and oxygen atoms in total. The number of unbranched alkanes of at least 4 members (excludes halogenated alkanes) is 6. The van der Waals surface area contributed by atoms with Gasteiger partial charge in [-0.05, 0) is 37.0 Å². The van der Waals surface area contributed by atoms with E-state index in [1.807, 2.05) is 0 Å². The molecule has 1 aliphatic rings.